The van der Waals surface area contributed by atoms with Crippen molar-refractivity contribution >= 4 is 11.8 Å². The van der Waals surface area contributed by atoms with Gasteiger partial charge in [-0.3, -0.25) is 14.3 Å². The molecule has 0 radical (unpaired) electrons. The Bertz CT molecular complexity index is 963. The van der Waals surface area contributed by atoms with Crippen LogP contribution in [0.15, 0.2) is 36.7 Å². The highest BCUT2D eigenvalue weighted by atomic mass is 16.5. The minimum absolute atomic E-state index is 0.0341. The number of hydrogen-bond acceptors (Lipinski definition) is 5. The van der Waals surface area contributed by atoms with Gasteiger partial charge in [0.2, 0.25) is 5.82 Å². The van der Waals surface area contributed by atoms with Gasteiger partial charge in [-0.1, -0.05) is 18.2 Å². The maximum atomic E-state index is 13.3. The number of nitrogens with zero attached hydrogens (tertiary/aromatic N) is 5. The minimum atomic E-state index is -0.111. The molecular weight excluding hydrogens is 406 g/mol. The van der Waals surface area contributed by atoms with Gasteiger partial charge in [-0.15, -0.1) is 5.10 Å². The standard InChI is InChI=1S/C24H31N5O3/c1-27-17-25-21(26-27)23(31)28-11-9-24(10-12-28)13-20(15-32-14-18-7-8-18)29(16-24)22(30)19-5-3-2-4-6-19/h2-6,17-18,20H,7-16H2,1H3/t20-/m1/s1. The van der Waals surface area contributed by atoms with E-state index >= 15 is 0 Å². The predicted molar refractivity (Wildman–Crippen MR) is 118 cm³/mol. The summed E-state index contributed by atoms with van der Waals surface area (Å²) >= 11 is 0. The lowest BCUT2D eigenvalue weighted by Gasteiger charge is -2.38. The van der Waals surface area contributed by atoms with Crippen LogP contribution in [0.5, 0.6) is 0 Å². The van der Waals surface area contributed by atoms with Gasteiger partial charge in [0, 0.05) is 38.9 Å². The van der Waals surface area contributed by atoms with E-state index in [9.17, 15) is 9.59 Å². The number of aromatic nitrogens is 3. The Hall–Kier alpha value is -2.74. The van der Waals surface area contributed by atoms with Crippen LogP contribution in [-0.2, 0) is 11.8 Å². The van der Waals surface area contributed by atoms with Crippen molar-refractivity contribution in [1.82, 2.24) is 24.6 Å². The topological polar surface area (TPSA) is 80.6 Å². The highest BCUT2D eigenvalue weighted by Gasteiger charge is 2.48. The van der Waals surface area contributed by atoms with E-state index in [-0.39, 0.29) is 29.1 Å². The van der Waals surface area contributed by atoms with Crippen LogP contribution in [0, 0.1) is 11.3 Å². The molecule has 1 aromatic heterocycles. The van der Waals surface area contributed by atoms with Crippen LogP contribution < -0.4 is 0 Å². The Morgan fingerprint density at radius 1 is 1.09 bits per heavy atom. The van der Waals surface area contributed by atoms with Crippen molar-refractivity contribution in [3.63, 3.8) is 0 Å². The average molecular weight is 438 g/mol. The predicted octanol–water partition coefficient (Wildman–Crippen LogP) is 2.38. The van der Waals surface area contributed by atoms with Crippen molar-refractivity contribution in [3.05, 3.63) is 48.0 Å². The number of carbonyl (C=O) groups is 2. The summed E-state index contributed by atoms with van der Waals surface area (Å²) in [5.41, 5.74) is 0.761. The molecule has 1 aliphatic carbocycles. The summed E-state index contributed by atoms with van der Waals surface area (Å²) in [7, 11) is 1.76. The Kier molecular flexibility index (Phi) is 5.71. The molecule has 0 bridgehead atoms. The van der Waals surface area contributed by atoms with Gasteiger partial charge in [-0.25, -0.2) is 4.98 Å². The van der Waals surface area contributed by atoms with Gasteiger partial charge in [-0.2, -0.15) is 0 Å². The first-order valence-electron chi connectivity index (χ1n) is 11.6. The molecule has 1 saturated carbocycles. The van der Waals surface area contributed by atoms with Gasteiger partial charge in [0.25, 0.3) is 11.8 Å². The number of carbonyl (C=O) groups excluding carboxylic acids is 2. The second kappa shape index (κ2) is 8.65. The first-order valence-corrected chi connectivity index (χ1v) is 11.6. The molecule has 3 fully saturated rings. The molecule has 0 N–H and O–H groups in total. The van der Waals surface area contributed by atoms with Gasteiger partial charge >= 0.3 is 0 Å². The second-order valence-corrected chi connectivity index (χ2v) is 9.67. The summed E-state index contributed by atoms with van der Waals surface area (Å²) in [6.07, 6.45) is 6.76. The molecule has 1 aromatic carbocycles. The van der Waals surface area contributed by atoms with E-state index < -0.39 is 0 Å². The Morgan fingerprint density at radius 3 is 2.50 bits per heavy atom. The summed E-state index contributed by atoms with van der Waals surface area (Å²) in [6, 6.07) is 9.61. The number of amides is 2. The molecule has 3 heterocycles. The van der Waals surface area contributed by atoms with E-state index in [2.05, 4.69) is 10.1 Å². The van der Waals surface area contributed by atoms with E-state index in [4.69, 9.17) is 4.74 Å². The van der Waals surface area contributed by atoms with Gasteiger partial charge in [-0.05, 0) is 55.6 Å². The van der Waals surface area contributed by atoms with Crippen molar-refractivity contribution in [1.29, 1.82) is 0 Å². The maximum absolute atomic E-state index is 13.3. The van der Waals surface area contributed by atoms with E-state index in [0.717, 1.165) is 38.0 Å². The molecule has 1 atom stereocenters. The molecule has 32 heavy (non-hydrogen) atoms. The molecule has 0 unspecified atom stereocenters. The number of piperidine rings is 1. The highest BCUT2D eigenvalue weighted by molar-refractivity contribution is 5.94. The quantitative estimate of drug-likeness (QED) is 0.693. The molecule has 170 valence electrons. The zero-order valence-corrected chi connectivity index (χ0v) is 18.7. The van der Waals surface area contributed by atoms with Crippen LogP contribution in [0.25, 0.3) is 0 Å². The van der Waals surface area contributed by atoms with Crippen LogP contribution in [0.2, 0.25) is 0 Å². The first-order chi connectivity index (χ1) is 15.5. The summed E-state index contributed by atoms with van der Waals surface area (Å²) in [6.45, 7) is 3.45. The number of aryl methyl sites for hydroxylation is 1. The molecule has 3 aliphatic rings. The number of likely N-dealkylation sites (tertiary alicyclic amines) is 2. The molecule has 8 nitrogen and oxygen atoms in total. The van der Waals surface area contributed by atoms with Crippen molar-refractivity contribution < 1.29 is 14.3 Å². The molecule has 8 heteroatoms. The average Bonchev–Trinajstić information content (AvgIpc) is 3.43. The first kappa shape index (κ1) is 21.1. The monoisotopic (exact) mass is 437 g/mol. The number of benzene rings is 1. The summed E-state index contributed by atoms with van der Waals surface area (Å²) in [4.78, 5) is 34.1. The Labute approximate surface area is 188 Å². The zero-order valence-electron chi connectivity index (χ0n) is 18.7. The van der Waals surface area contributed by atoms with Gasteiger partial charge in [0.15, 0.2) is 0 Å². The normalized spacial score (nSPS) is 22.5. The third-order valence-electron chi connectivity index (χ3n) is 7.16. The van der Waals surface area contributed by atoms with Crippen molar-refractivity contribution in [2.75, 3.05) is 32.8 Å². The lowest BCUT2D eigenvalue weighted by atomic mass is 9.76. The van der Waals surface area contributed by atoms with Gasteiger partial charge in [0.05, 0.1) is 12.6 Å². The maximum Gasteiger partial charge on any atom is 0.293 e. The lowest BCUT2D eigenvalue weighted by molar-refractivity contribution is 0.0505. The van der Waals surface area contributed by atoms with Gasteiger partial charge < -0.3 is 14.5 Å². The minimum Gasteiger partial charge on any atom is -0.379 e. The SMILES string of the molecule is Cn1cnc(C(=O)N2CCC3(CC2)C[C@H](COCC2CC2)N(C(=O)c2ccccc2)C3)n1. The third-order valence-corrected chi connectivity index (χ3v) is 7.16. The highest BCUT2D eigenvalue weighted by Crippen LogP contribution is 2.44. The number of rotatable bonds is 6. The fourth-order valence-electron chi connectivity index (χ4n) is 5.08. The fraction of sp³-hybridized carbons (Fsp3) is 0.583. The number of hydrogen-bond donors (Lipinski definition) is 0. The van der Waals surface area contributed by atoms with Crippen molar-refractivity contribution in [3.8, 4) is 0 Å². The lowest BCUT2D eigenvalue weighted by Crippen LogP contribution is -2.45. The smallest absolute Gasteiger partial charge is 0.293 e. The van der Waals surface area contributed by atoms with E-state index in [0.29, 0.717) is 25.6 Å². The van der Waals surface area contributed by atoms with Crippen LogP contribution in [0.4, 0.5) is 0 Å². The Balaban J connectivity index is 1.26. The van der Waals surface area contributed by atoms with Crippen molar-refractivity contribution in [2.24, 2.45) is 18.4 Å². The molecule has 2 saturated heterocycles. The second-order valence-electron chi connectivity index (χ2n) is 9.67. The van der Waals surface area contributed by atoms with Crippen LogP contribution in [-0.4, -0.2) is 75.3 Å². The summed E-state index contributed by atoms with van der Waals surface area (Å²) in [5.74, 6) is 0.930. The molecule has 2 aromatic rings. The zero-order chi connectivity index (χ0) is 22.1. The van der Waals surface area contributed by atoms with Crippen LogP contribution >= 0.6 is 0 Å². The van der Waals surface area contributed by atoms with E-state index in [1.54, 1.807) is 18.1 Å². The van der Waals surface area contributed by atoms with E-state index in [1.165, 1.54) is 12.8 Å². The summed E-state index contributed by atoms with van der Waals surface area (Å²) in [5, 5.41) is 4.15. The molecular formula is C24H31N5O3. The largest absolute Gasteiger partial charge is 0.379 e. The molecule has 2 aliphatic heterocycles. The van der Waals surface area contributed by atoms with Crippen LogP contribution in [0.1, 0.15) is 53.1 Å². The molecule has 2 amide bonds. The fourth-order valence-corrected chi connectivity index (χ4v) is 5.08. The molecule has 1 spiro atoms. The summed E-state index contributed by atoms with van der Waals surface area (Å²) < 4.78 is 7.58. The number of ether oxygens (including phenoxy) is 1. The van der Waals surface area contributed by atoms with Crippen LogP contribution in [0.3, 0.4) is 0 Å². The Morgan fingerprint density at radius 2 is 1.84 bits per heavy atom. The van der Waals surface area contributed by atoms with Crippen molar-refractivity contribution in [2.45, 2.75) is 38.1 Å². The van der Waals surface area contributed by atoms with E-state index in [1.807, 2.05) is 40.1 Å². The van der Waals surface area contributed by atoms with Gasteiger partial charge in [0.1, 0.15) is 6.33 Å². The third kappa shape index (κ3) is 4.41. The molecule has 5 rings (SSSR count).